The van der Waals surface area contributed by atoms with E-state index in [1.165, 1.54) is 24.3 Å². The van der Waals surface area contributed by atoms with Crippen LogP contribution in [0.25, 0.3) is 10.8 Å². The van der Waals surface area contributed by atoms with Crippen LogP contribution in [0.1, 0.15) is 6.92 Å². The summed E-state index contributed by atoms with van der Waals surface area (Å²) in [6.07, 6.45) is 0. The number of amides is 1. The number of rotatable bonds is 11. The van der Waals surface area contributed by atoms with Gasteiger partial charge in [-0.2, -0.15) is 0 Å². The number of nitrogens with zero attached hydrogens (tertiary/aromatic N) is 1. The lowest BCUT2D eigenvalue weighted by Crippen LogP contribution is -2.41. The molecule has 0 heterocycles. The van der Waals surface area contributed by atoms with E-state index in [9.17, 15) is 13.2 Å². The molecule has 1 N–H and O–H groups in total. The number of carbonyl (C=O) groups is 1. The lowest BCUT2D eigenvalue weighted by Gasteiger charge is -2.24. The van der Waals surface area contributed by atoms with E-state index >= 15 is 0 Å². The molecule has 0 radical (unpaired) electrons. The Morgan fingerprint density at radius 1 is 0.865 bits per heavy atom. The van der Waals surface area contributed by atoms with Crippen molar-refractivity contribution in [2.75, 3.05) is 30.6 Å². The average molecular weight is 539 g/mol. The van der Waals surface area contributed by atoms with Crippen LogP contribution in [0.3, 0.4) is 0 Å². The predicted octanol–water partition coefficient (Wildman–Crippen LogP) is 5.28. The number of hydrogen-bond acceptors (Lipinski definition) is 5. The van der Waals surface area contributed by atoms with Gasteiger partial charge in [-0.15, -0.1) is 0 Å². The fourth-order valence-corrected chi connectivity index (χ4v) is 5.27. The van der Waals surface area contributed by atoms with Gasteiger partial charge >= 0.3 is 0 Å². The zero-order valence-corrected chi connectivity index (χ0v) is 21.8. The topological polar surface area (TPSA) is 84.9 Å². The second-order valence-electron chi connectivity index (χ2n) is 8.10. The molecule has 0 unspecified atom stereocenters. The third kappa shape index (κ3) is 6.72. The molecule has 4 aromatic rings. The van der Waals surface area contributed by atoms with Crippen molar-refractivity contribution in [1.82, 2.24) is 5.32 Å². The van der Waals surface area contributed by atoms with Gasteiger partial charge in [0.25, 0.3) is 10.0 Å². The molecule has 0 saturated heterocycles. The van der Waals surface area contributed by atoms with Crippen LogP contribution < -0.4 is 19.1 Å². The van der Waals surface area contributed by atoms with Crippen molar-refractivity contribution in [2.45, 2.75) is 11.8 Å². The highest BCUT2D eigenvalue weighted by Gasteiger charge is 2.27. The molecule has 0 fully saturated rings. The second kappa shape index (κ2) is 12.0. The monoisotopic (exact) mass is 538 g/mol. The summed E-state index contributed by atoms with van der Waals surface area (Å²) in [7, 11) is -4.04. The maximum Gasteiger partial charge on any atom is 0.264 e. The van der Waals surface area contributed by atoms with Gasteiger partial charge in [0.1, 0.15) is 24.7 Å². The zero-order chi connectivity index (χ0) is 26.3. The maximum absolute atomic E-state index is 13.5. The number of anilines is 1. The highest BCUT2D eigenvalue weighted by atomic mass is 35.5. The van der Waals surface area contributed by atoms with Gasteiger partial charge in [0.05, 0.1) is 23.7 Å². The lowest BCUT2D eigenvalue weighted by atomic mass is 10.1. The van der Waals surface area contributed by atoms with Crippen molar-refractivity contribution in [3.63, 3.8) is 0 Å². The molecule has 0 atom stereocenters. The van der Waals surface area contributed by atoms with Crippen LogP contribution in [0.4, 0.5) is 5.69 Å². The number of hydrogen-bond donors (Lipinski definition) is 1. The number of carbonyl (C=O) groups excluding carboxylic acids is 1. The first-order valence-corrected chi connectivity index (χ1v) is 13.6. The van der Waals surface area contributed by atoms with E-state index in [2.05, 4.69) is 5.32 Å². The number of ether oxygens (including phenoxy) is 2. The van der Waals surface area contributed by atoms with Gasteiger partial charge in [-0.25, -0.2) is 8.42 Å². The SMILES string of the molecule is CCOc1ccc(N(CC(=O)NCCOc2ccc3ccccc3c2)S(=O)(=O)c2ccc(Cl)cc2)cc1. The van der Waals surface area contributed by atoms with Gasteiger partial charge < -0.3 is 14.8 Å². The minimum absolute atomic E-state index is 0.0261. The van der Waals surface area contributed by atoms with E-state index in [4.69, 9.17) is 21.1 Å². The first-order valence-electron chi connectivity index (χ1n) is 11.8. The van der Waals surface area contributed by atoms with Gasteiger partial charge in [-0.1, -0.05) is 41.9 Å². The number of nitrogens with one attached hydrogen (secondary N) is 1. The molecule has 4 rings (SSSR count). The quantitative estimate of drug-likeness (QED) is 0.263. The Morgan fingerprint density at radius 3 is 2.24 bits per heavy atom. The summed E-state index contributed by atoms with van der Waals surface area (Å²) in [4.78, 5) is 12.8. The molecule has 7 nitrogen and oxygen atoms in total. The van der Waals surface area contributed by atoms with Crippen molar-refractivity contribution < 1.29 is 22.7 Å². The van der Waals surface area contributed by atoms with Crippen LogP contribution in [0.2, 0.25) is 5.02 Å². The van der Waals surface area contributed by atoms with Crippen LogP contribution in [-0.2, 0) is 14.8 Å². The molecule has 0 spiro atoms. The molecule has 192 valence electrons. The molecule has 37 heavy (non-hydrogen) atoms. The van der Waals surface area contributed by atoms with Crippen molar-refractivity contribution in [2.24, 2.45) is 0 Å². The van der Waals surface area contributed by atoms with E-state index in [0.717, 1.165) is 15.1 Å². The van der Waals surface area contributed by atoms with E-state index < -0.39 is 22.5 Å². The summed E-state index contributed by atoms with van der Waals surface area (Å²) in [5.41, 5.74) is 0.334. The normalized spacial score (nSPS) is 11.2. The second-order valence-corrected chi connectivity index (χ2v) is 10.4. The Bertz CT molecular complexity index is 1460. The molecule has 1 amide bonds. The van der Waals surface area contributed by atoms with Crippen molar-refractivity contribution >= 4 is 44.0 Å². The molecular weight excluding hydrogens is 512 g/mol. The molecule has 0 aromatic heterocycles. The first kappa shape index (κ1) is 26.3. The third-order valence-corrected chi connectivity index (χ3v) is 7.58. The highest BCUT2D eigenvalue weighted by molar-refractivity contribution is 7.92. The summed E-state index contributed by atoms with van der Waals surface area (Å²) < 4.78 is 39.2. The Labute approximate surface area is 221 Å². The zero-order valence-electron chi connectivity index (χ0n) is 20.3. The smallest absolute Gasteiger partial charge is 0.264 e. The number of halogens is 1. The van der Waals surface area contributed by atoms with Crippen LogP contribution in [0.15, 0.2) is 95.9 Å². The van der Waals surface area contributed by atoms with E-state index in [0.29, 0.717) is 28.8 Å². The van der Waals surface area contributed by atoms with Crippen molar-refractivity contribution in [3.8, 4) is 11.5 Å². The minimum Gasteiger partial charge on any atom is -0.494 e. The van der Waals surface area contributed by atoms with Crippen LogP contribution >= 0.6 is 11.6 Å². The summed E-state index contributed by atoms with van der Waals surface area (Å²) in [5, 5.41) is 5.32. The molecule has 4 aromatic carbocycles. The number of fused-ring (bicyclic) bond motifs is 1. The standard InChI is InChI=1S/C28H27ClN2O5S/c1-2-35-25-13-10-24(11-14-25)31(37(33,34)27-15-8-23(29)9-16-27)20-28(32)30-17-18-36-26-12-7-21-5-3-4-6-22(21)19-26/h3-16,19H,2,17-18,20H2,1H3,(H,30,32). The van der Waals surface area contributed by atoms with E-state index in [1.807, 2.05) is 49.4 Å². The van der Waals surface area contributed by atoms with E-state index in [1.54, 1.807) is 24.3 Å². The Hall–Kier alpha value is -3.75. The van der Waals surface area contributed by atoms with E-state index in [-0.39, 0.29) is 18.0 Å². The molecule has 0 saturated carbocycles. The summed E-state index contributed by atoms with van der Waals surface area (Å²) >= 11 is 5.94. The molecule has 0 aliphatic carbocycles. The largest absolute Gasteiger partial charge is 0.494 e. The summed E-state index contributed by atoms with van der Waals surface area (Å²) in [5.74, 6) is 0.827. The Kier molecular flexibility index (Phi) is 8.53. The third-order valence-electron chi connectivity index (χ3n) is 5.54. The summed E-state index contributed by atoms with van der Waals surface area (Å²) in [6, 6.07) is 26.1. The number of sulfonamides is 1. The fourth-order valence-electron chi connectivity index (χ4n) is 3.73. The Balaban J connectivity index is 1.43. The highest BCUT2D eigenvalue weighted by Crippen LogP contribution is 2.26. The lowest BCUT2D eigenvalue weighted by molar-refractivity contribution is -0.119. The molecule has 0 aliphatic heterocycles. The first-order chi connectivity index (χ1) is 17.9. The van der Waals surface area contributed by atoms with Crippen molar-refractivity contribution in [3.05, 3.63) is 96.0 Å². The predicted molar refractivity (Wildman–Crippen MR) is 146 cm³/mol. The van der Waals surface area contributed by atoms with Gasteiger partial charge in [0.15, 0.2) is 0 Å². The van der Waals surface area contributed by atoms with Gasteiger partial charge in [0, 0.05) is 5.02 Å². The molecule has 0 bridgehead atoms. The molecule has 0 aliphatic rings. The minimum atomic E-state index is -4.04. The number of benzene rings is 4. The van der Waals surface area contributed by atoms with Gasteiger partial charge in [0.2, 0.25) is 5.91 Å². The van der Waals surface area contributed by atoms with Crippen LogP contribution in [0, 0.1) is 0 Å². The molecular formula is C28H27ClN2O5S. The van der Waals surface area contributed by atoms with Crippen LogP contribution in [-0.4, -0.2) is 40.6 Å². The van der Waals surface area contributed by atoms with Crippen LogP contribution in [0.5, 0.6) is 11.5 Å². The average Bonchev–Trinajstić information content (AvgIpc) is 2.90. The summed E-state index contributed by atoms with van der Waals surface area (Å²) in [6.45, 7) is 2.38. The molecule has 9 heteroatoms. The van der Waals surface area contributed by atoms with Gasteiger partial charge in [-0.05, 0) is 78.4 Å². The fraction of sp³-hybridized carbons (Fsp3) is 0.179. The maximum atomic E-state index is 13.5. The van der Waals surface area contributed by atoms with Crippen molar-refractivity contribution in [1.29, 1.82) is 0 Å². The van der Waals surface area contributed by atoms with Gasteiger partial charge in [-0.3, -0.25) is 9.10 Å². The Morgan fingerprint density at radius 2 is 1.54 bits per heavy atom.